The molecule has 9 heteroatoms. The molecule has 3 aromatic rings. The van der Waals surface area contributed by atoms with E-state index >= 15 is 0 Å². The molecular weight excluding hydrogens is 385 g/mol. The zero-order valence-electron chi connectivity index (χ0n) is 17.2. The van der Waals surface area contributed by atoms with E-state index in [1.165, 1.54) is 6.07 Å². The molecular formula is C21H28FN7O. The van der Waals surface area contributed by atoms with Gasteiger partial charge in [-0.05, 0) is 49.4 Å². The van der Waals surface area contributed by atoms with Crippen LogP contribution in [-0.4, -0.2) is 45.4 Å². The SMILES string of the molecule is CN=C(NCCCn1nc2n(c1=O)CCCC2)NCCc1c[nH]c2ccc(F)cc12. The summed E-state index contributed by atoms with van der Waals surface area (Å²) in [5.41, 5.74) is 2.00. The highest BCUT2D eigenvalue weighted by Crippen LogP contribution is 2.19. The van der Waals surface area contributed by atoms with Crippen molar-refractivity contribution in [3.63, 3.8) is 0 Å². The lowest BCUT2D eigenvalue weighted by Gasteiger charge is -2.11. The Labute approximate surface area is 174 Å². The van der Waals surface area contributed by atoms with Crippen molar-refractivity contribution >= 4 is 16.9 Å². The number of nitrogens with one attached hydrogen (secondary N) is 3. The van der Waals surface area contributed by atoms with E-state index in [1.807, 2.05) is 6.20 Å². The van der Waals surface area contributed by atoms with E-state index in [9.17, 15) is 9.18 Å². The summed E-state index contributed by atoms with van der Waals surface area (Å²) < 4.78 is 16.9. The van der Waals surface area contributed by atoms with Crippen LogP contribution >= 0.6 is 0 Å². The van der Waals surface area contributed by atoms with Crippen LogP contribution in [0, 0.1) is 5.82 Å². The molecule has 160 valence electrons. The average molecular weight is 414 g/mol. The van der Waals surface area contributed by atoms with Gasteiger partial charge in [-0.15, -0.1) is 0 Å². The summed E-state index contributed by atoms with van der Waals surface area (Å²) in [5.74, 6) is 1.39. The number of hydrogen-bond donors (Lipinski definition) is 3. The lowest BCUT2D eigenvalue weighted by molar-refractivity contribution is 0.509. The van der Waals surface area contributed by atoms with Crippen molar-refractivity contribution in [1.82, 2.24) is 30.0 Å². The standard InChI is InChI=1S/C21H28FN7O/c1-23-20(25-10-8-15-14-26-18-7-6-16(22)13-17(15)18)24-9-4-12-29-21(30)28-11-3-2-5-19(28)27-29/h6-7,13-14,26H,2-5,8-12H2,1H3,(H2,23,24,25). The van der Waals surface area contributed by atoms with Crippen LogP contribution in [0.4, 0.5) is 4.39 Å². The summed E-state index contributed by atoms with van der Waals surface area (Å²) in [5, 5.41) is 11.9. The molecule has 2 aromatic heterocycles. The maximum Gasteiger partial charge on any atom is 0.345 e. The molecule has 0 amide bonds. The number of halogens is 1. The van der Waals surface area contributed by atoms with Crippen LogP contribution < -0.4 is 16.3 Å². The Morgan fingerprint density at radius 3 is 3.00 bits per heavy atom. The van der Waals surface area contributed by atoms with E-state index in [1.54, 1.807) is 28.4 Å². The number of aryl methyl sites for hydroxylation is 2. The third-order valence-corrected chi connectivity index (χ3v) is 5.51. The number of nitrogens with zero attached hydrogens (tertiary/aromatic N) is 4. The molecule has 3 heterocycles. The predicted molar refractivity (Wildman–Crippen MR) is 115 cm³/mol. The molecule has 1 aliphatic heterocycles. The van der Waals surface area contributed by atoms with Gasteiger partial charge in [0.1, 0.15) is 11.6 Å². The van der Waals surface area contributed by atoms with Crippen LogP contribution in [0.25, 0.3) is 10.9 Å². The van der Waals surface area contributed by atoms with E-state index in [4.69, 9.17) is 0 Å². The second kappa shape index (κ2) is 9.15. The van der Waals surface area contributed by atoms with Crippen molar-refractivity contribution < 1.29 is 4.39 Å². The summed E-state index contributed by atoms with van der Waals surface area (Å²) in [7, 11) is 1.73. The Morgan fingerprint density at radius 1 is 1.30 bits per heavy atom. The van der Waals surface area contributed by atoms with Crippen molar-refractivity contribution in [2.45, 2.75) is 45.2 Å². The van der Waals surface area contributed by atoms with Crippen LogP contribution in [0.5, 0.6) is 0 Å². The van der Waals surface area contributed by atoms with E-state index in [-0.39, 0.29) is 11.5 Å². The molecule has 0 radical (unpaired) electrons. The molecule has 0 saturated carbocycles. The summed E-state index contributed by atoms with van der Waals surface area (Å²) in [4.78, 5) is 19.8. The summed E-state index contributed by atoms with van der Waals surface area (Å²) >= 11 is 0. The van der Waals surface area contributed by atoms with Crippen molar-refractivity contribution in [2.75, 3.05) is 20.1 Å². The highest BCUT2D eigenvalue weighted by atomic mass is 19.1. The Hall–Kier alpha value is -3.10. The van der Waals surface area contributed by atoms with Crippen LogP contribution in [-0.2, 0) is 25.9 Å². The lowest BCUT2D eigenvalue weighted by Crippen LogP contribution is -2.39. The molecule has 1 aromatic carbocycles. The quantitative estimate of drug-likeness (QED) is 0.313. The Kier molecular flexibility index (Phi) is 6.15. The minimum atomic E-state index is -0.230. The van der Waals surface area contributed by atoms with Gasteiger partial charge in [-0.3, -0.25) is 9.56 Å². The van der Waals surface area contributed by atoms with Crippen LogP contribution in [0.2, 0.25) is 0 Å². The third-order valence-electron chi connectivity index (χ3n) is 5.51. The van der Waals surface area contributed by atoms with Crippen molar-refractivity contribution in [3.8, 4) is 0 Å². The van der Waals surface area contributed by atoms with Gasteiger partial charge in [-0.2, -0.15) is 5.10 Å². The maximum atomic E-state index is 13.5. The van der Waals surface area contributed by atoms with Gasteiger partial charge in [0.25, 0.3) is 0 Å². The molecule has 0 spiro atoms. The first kappa shape index (κ1) is 20.2. The van der Waals surface area contributed by atoms with Gasteiger partial charge in [0.05, 0.1) is 0 Å². The van der Waals surface area contributed by atoms with Gasteiger partial charge in [-0.25, -0.2) is 13.9 Å². The first-order valence-corrected chi connectivity index (χ1v) is 10.5. The normalized spacial score (nSPS) is 14.1. The second-order valence-electron chi connectivity index (χ2n) is 7.56. The number of aromatic amines is 1. The minimum absolute atomic E-state index is 0.00220. The number of H-pyrrole nitrogens is 1. The predicted octanol–water partition coefficient (Wildman–Crippen LogP) is 1.80. The van der Waals surface area contributed by atoms with E-state index in [2.05, 4.69) is 25.7 Å². The van der Waals surface area contributed by atoms with Crippen LogP contribution in [0.1, 0.15) is 30.7 Å². The van der Waals surface area contributed by atoms with Crippen LogP contribution in [0.15, 0.2) is 34.2 Å². The summed E-state index contributed by atoms with van der Waals surface area (Å²) in [6, 6.07) is 4.77. The first-order valence-electron chi connectivity index (χ1n) is 10.5. The summed E-state index contributed by atoms with van der Waals surface area (Å²) in [6.07, 6.45) is 6.49. The molecule has 0 atom stereocenters. The number of fused-ring (bicyclic) bond motifs is 2. The molecule has 0 fully saturated rings. The van der Waals surface area contributed by atoms with Gasteiger partial charge < -0.3 is 15.6 Å². The number of aliphatic imine (C=N–C) groups is 1. The Balaban J connectivity index is 1.22. The smallest absolute Gasteiger partial charge is 0.345 e. The molecule has 30 heavy (non-hydrogen) atoms. The molecule has 0 saturated heterocycles. The van der Waals surface area contributed by atoms with Crippen molar-refractivity contribution in [2.24, 2.45) is 4.99 Å². The monoisotopic (exact) mass is 413 g/mol. The highest BCUT2D eigenvalue weighted by molar-refractivity contribution is 5.83. The van der Waals surface area contributed by atoms with E-state index in [0.29, 0.717) is 25.6 Å². The molecule has 3 N–H and O–H groups in total. The van der Waals surface area contributed by atoms with Gasteiger partial charge in [-0.1, -0.05) is 0 Å². The van der Waals surface area contributed by atoms with Gasteiger partial charge in [0.2, 0.25) is 0 Å². The number of aromatic nitrogens is 4. The topological polar surface area (TPSA) is 92.0 Å². The largest absolute Gasteiger partial charge is 0.361 e. The zero-order valence-corrected chi connectivity index (χ0v) is 17.2. The molecule has 0 aliphatic carbocycles. The molecule has 0 unspecified atom stereocenters. The number of benzene rings is 1. The van der Waals surface area contributed by atoms with Crippen molar-refractivity contribution in [1.29, 1.82) is 0 Å². The highest BCUT2D eigenvalue weighted by Gasteiger charge is 2.16. The van der Waals surface area contributed by atoms with Crippen molar-refractivity contribution in [3.05, 3.63) is 52.1 Å². The molecule has 8 nitrogen and oxygen atoms in total. The molecule has 4 rings (SSSR count). The summed E-state index contributed by atoms with van der Waals surface area (Å²) in [6.45, 7) is 2.73. The Bertz CT molecular complexity index is 1090. The average Bonchev–Trinajstić information content (AvgIpc) is 3.30. The number of guanidine groups is 1. The molecule has 1 aliphatic rings. The second-order valence-corrected chi connectivity index (χ2v) is 7.56. The third kappa shape index (κ3) is 4.39. The number of hydrogen-bond acceptors (Lipinski definition) is 3. The number of rotatable bonds is 7. The fraction of sp³-hybridized carbons (Fsp3) is 0.476. The van der Waals surface area contributed by atoms with Crippen LogP contribution in [0.3, 0.4) is 0 Å². The molecule has 0 bridgehead atoms. The maximum absolute atomic E-state index is 13.5. The fourth-order valence-electron chi connectivity index (χ4n) is 3.92. The first-order chi connectivity index (χ1) is 14.7. The Morgan fingerprint density at radius 2 is 2.17 bits per heavy atom. The van der Waals surface area contributed by atoms with Gasteiger partial charge >= 0.3 is 5.69 Å². The minimum Gasteiger partial charge on any atom is -0.361 e. The zero-order chi connectivity index (χ0) is 20.9. The van der Waals surface area contributed by atoms with E-state index in [0.717, 1.165) is 60.9 Å². The fourth-order valence-corrected chi connectivity index (χ4v) is 3.92. The van der Waals surface area contributed by atoms with Gasteiger partial charge in [0.15, 0.2) is 5.96 Å². The lowest BCUT2D eigenvalue weighted by atomic mass is 10.1. The van der Waals surface area contributed by atoms with E-state index < -0.39 is 0 Å². The van der Waals surface area contributed by atoms with Gasteiger partial charge in [0, 0.05) is 56.7 Å².